The van der Waals surface area contributed by atoms with Gasteiger partial charge in [-0.2, -0.15) is 23.3 Å². The number of hydrogen-bond donors (Lipinski definition) is 1. The fourth-order valence-electron chi connectivity index (χ4n) is 6.58. The minimum absolute atomic E-state index is 0.0840. The lowest BCUT2D eigenvalue weighted by Crippen LogP contribution is -2.65. The van der Waals surface area contributed by atoms with E-state index in [1.807, 2.05) is 0 Å². The average molecular weight is 432 g/mol. The second kappa shape index (κ2) is 5.72. The molecule has 3 unspecified atom stereocenters. The SMILES string of the molecule is CC1=NN(C(=O)C23CC4CC(C2)CC(n2cnc(Cl)n2)(C4)C3)C(O)(C(F)(F)F)C1. The fraction of sp³-hybridized carbons (Fsp3) is 0.778. The number of hydrogen-bond acceptors (Lipinski definition) is 5. The Morgan fingerprint density at radius 1 is 1.28 bits per heavy atom. The van der Waals surface area contributed by atoms with Gasteiger partial charge in [0.05, 0.1) is 11.0 Å². The molecule has 7 nitrogen and oxygen atoms in total. The first kappa shape index (κ1) is 19.3. The van der Waals surface area contributed by atoms with Gasteiger partial charge in [-0.1, -0.05) is 0 Å². The fourth-order valence-corrected chi connectivity index (χ4v) is 6.71. The van der Waals surface area contributed by atoms with Crippen molar-refractivity contribution in [2.75, 3.05) is 0 Å². The zero-order chi connectivity index (χ0) is 20.8. The Balaban J connectivity index is 1.55. The van der Waals surface area contributed by atoms with Crippen molar-refractivity contribution in [3.63, 3.8) is 0 Å². The van der Waals surface area contributed by atoms with Crippen molar-refractivity contribution in [2.45, 2.75) is 69.3 Å². The zero-order valence-corrected chi connectivity index (χ0v) is 16.5. The molecule has 4 saturated carbocycles. The Labute approximate surface area is 169 Å². The van der Waals surface area contributed by atoms with Gasteiger partial charge in [0.2, 0.25) is 5.28 Å². The standard InChI is InChI=1S/C18H21ClF3N5O2/c1-10-3-17(29,18(20,21)22)27(24-10)13(28)15-4-11-2-12(5-15)7-16(6-11,8-15)26-9-23-14(19)25-26/h9,11-12,29H,2-8H2,1H3. The van der Waals surface area contributed by atoms with E-state index >= 15 is 0 Å². The van der Waals surface area contributed by atoms with Gasteiger partial charge < -0.3 is 5.11 Å². The maximum Gasteiger partial charge on any atom is 0.438 e. The number of carbonyl (C=O) groups is 1. The van der Waals surface area contributed by atoms with E-state index in [0.29, 0.717) is 24.3 Å². The van der Waals surface area contributed by atoms with Crippen molar-refractivity contribution in [1.82, 2.24) is 19.8 Å². The molecule has 0 aromatic carbocycles. The van der Waals surface area contributed by atoms with E-state index in [0.717, 1.165) is 19.3 Å². The summed E-state index contributed by atoms with van der Waals surface area (Å²) in [6.07, 6.45) is -0.281. The van der Waals surface area contributed by atoms with Crippen LogP contribution in [0.5, 0.6) is 0 Å². The Morgan fingerprint density at radius 3 is 2.48 bits per heavy atom. The van der Waals surface area contributed by atoms with Gasteiger partial charge in [0, 0.05) is 12.1 Å². The number of aliphatic hydroxyl groups is 1. The van der Waals surface area contributed by atoms with Crippen LogP contribution in [0.25, 0.3) is 0 Å². The Morgan fingerprint density at radius 2 is 1.93 bits per heavy atom. The molecule has 1 aromatic rings. The molecule has 1 aromatic heterocycles. The normalized spacial score (nSPS) is 41.2. The second-order valence-electron chi connectivity index (χ2n) is 9.37. The zero-order valence-electron chi connectivity index (χ0n) is 15.8. The molecule has 0 spiro atoms. The highest BCUT2D eigenvalue weighted by molar-refractivity contribution is 6.28. The molecule has 4 bridgehead atoms. The van der Waals surface area contributed by atoms with E-state index in [9.17, 15) is 23.1 Å². The molecule has 3 atom stereocenters. The second-order valence-corrected chi connectivity index (χ2v) is 9.71. The van der Waals surface area contributed by atoms with Crippen molar-refractivity contribution in [3.05, 3.63) is 11.6 Å². The van der Waals surface area contributed by atoms with Crippen LogP contribution in [0.1, 0.15) is 51.9 Å². The van der Waals surface area contributed by atoms with Crippen molar-refractivity contribution >= 4 is 23.2 Å². The maximum atomic E-state index is 13.7. The summed E-state index contributed by atoms with van der Waals surface area (Å²) in [6, 6.07) is 0. The monoisotopic (exact) mass is 431 g/mol. The number of halogens is 4. The lowest BCUT2D eigenvalue weighted by molar-refractivity contribution is -0.305. The van der Waals surface area contributed by atoms with Crippen molar-refractivity contribution < 1.29 is 23.1 Å². The van der Waals surface area contributed by atoms with Crippen LogP contribution in [0.3, 0.4) is 0 Å². The van der Waals surface area contributed by atoms with Gasteiger partial charge in [-0.15, -0.1) is 5.10 Å². The summed E-state index contributed by atoms with van der Waals surface area (Å²) in [6.45, 7) is 1.39. The molecule has 6 rings (SSSR count). The topological polar surface area (TPSA) is 83.6 Å². The van der Waals surface area contributed by atoms with E-state index in [2.05, 4.69) is 15.2 Å². The molecule has 11 heteroatoms. The first-order valence-corrected chi connectivity index (χ1v) is 10.1. The molecule has 0 radical (unpaired) electrons. The molecule has 4 fully saturated rings. The van der Waals surface area contributed by atoms with Crippen LogP contribution in [0.15, 0.2) is 11.4 Å². The number of carbonyl (C=O) groups excluding carboxylic acids is 1. The van der Waals surface area contributed by atoms with Gasteiger partial charge in [-0.05, 0) is 68.9 Å². The van der Waals surface area contributed by atoms with Crippen molar-refractivity contribution in [3.8, 4) is 0 Å². The molecule has 1 N–H and O–H groups in total. The molecule has 5 aliphatic rings. The lowest BCUT2D eigenvalue weighted by atomic mass is 9.46. The maximum absolute atomic E-state index is 13.7. The third-order valence-electron chi connectivity index (χ3n) is 7.20. The Hall–Kier alpha value is -1.68. The predicted molar refractivity (Wildman–Crippen MR) is 95.7 cm³/mol. The third kappa shape index (κ3) is 2.60. The molecule has 1 aliphatic heterocycles. The smallest absolute Gasteiger partial charge is 0.362 e. The molecule has 2 heterocycles. The van der Waals surface area contributed by atoms with Crippen LogP contribution >= 0.6 is 11.6 Å². The summed E-state index contributed by atoms with van der Waals surface area (Å²) in [5, 5.41) is 19.0. The minimum atomic E-state index is -5.00. The Bertz CT molecular complexity index is 902. The van der Waals surface area contributed by atoms with Gasteiger partial charge in [0.15, 0.2) is 0 Å². The first-order chi connectivity index (χ1) is 13.5. The van der Waals surface area contributed by atoms with E-state index in [1.165, 1.54) is 13.3 Å². The van der Waals surface area contributed by atoms with Gasteiger partial charge in [-0.3, -0.25) is 4.79 Å². The first-order valence-electron chi connectivity index (χ1n) is 9.72. The molecular formula is C18H21ClF3N5O2. The van der Waals surface area contributed by atoms with E-state index in [1.54, 1.807) is 4.68 Å². The molecular weight excluding hydrogens is 411 g/mol. The summed E-state index contributed by atoms with van der Waals surface area (Å²) in [5.74, 6) is -0.330. The molecule has 29 heavy (non-hydrogen) atoms. The highest BCUT2D eigenvalue weighted by Gasteiger charge is 2.68. The van der Waals surface area contributed by atoms with Gasteiger partial charge >= 0.3 is 6.18 Å². The molecule has 158 valence electrons. The minimum Gasteiger partial charge on any atom is -0.362 e. The van der Waals surface area contributed by atoms with Gasteiger partial charge in [-0.25, -0.2) is 9.67 Å². The highest BCUT2D eigenvalue weighted by Crippen LogP contribution is 2.65. The van der Waals surface area contributed by atoms with Crippen LogP contribution in [-0.2, 0) is 10.3 Å². The van der Waals surface area contributed by atoms with E-state index in [-0.39, 0.29) is 22.8 Å². The molecule has 4 aliphatic carbocycles. The summed E-state index contributed by atoms with van der Waals surface area (Å²) in [4.78, 5) is 17.6. The summed E-state index contributed by atoms with van der Waals surface area (Å²) < 4.78 is 42.8. The van der Waals surface area contributed by atoms with Crippen LogP contribution in [0, 0.1) is 17.3 Å². The summed E-state index contributed by atoms with van der Waals surface area (Å²) in [7, 11) is 0. The lowest BCUT2D eigenvalue weighted by Gasteiger charge is -2.61. The van der Waals surface area contributed by atoms with Crippen LogP contribution in [0.4, 0.5) is 13.2 Å². The molecule has 0 saturated heterocycles. The third-order valence-corrected chi connectivity index (χ3v) is 7.38. The number of hydrazone groups is 1. The van der Waals surface area contributed by atoms with E-state index in [4.69, 9.17) is 11.6 Å². The number of rotatable bonds is 2. The largest absolute Gasteiger partial charge is 0.438 e. The van der Waals surface area contributed by atoms with Crippen LogP contribution < -0.4 is 0 Å². The quantitative estimate of drug-likeness (QED) is 0.780. The predicted octanol–water partition coefficient (Wildman–Crippen LogP) is 3.09. The van der Waals surface area contributed by atoms with E-state index < -0.39 is 35.2 Å². The summed E-state index contributed by atoms with van der Waals surface area (Å²) >= 11 is 5.91. The van der Waals surface area contributed by atoms with Crippen molar-refractivity contribution in [2.24, 2.45) is 22.4 Å². The van der Waals surface area contributed by atoms with Gasteiger partial charge in [0.25, 0.3) is 11.6 Å². The number of aromatic nitrogens is 3. The van der Waals surface area contributed by atoms with Gasteiger partial charge in [0.1, 0.15) is 6.33 Å². The number of nitrogens with zero attached hydrogens (tertiary/aromatic N) is 5. The number of alkyl halides is 3. The molecule has 1 amide bonds. The highest BCUT2D eigenvalue weighted by atomic mass is 35.5. The van der Waals surface area contributed by atoms with Crippen LogP contribution in [0.2, 0.25) is 5.28 Å². The Kier molecular flexibility index (Phi) is 3.80. The summed E-state index contributed by atoms with van der Waals surface area (Å²) in [5.41, 5.74) is -4.70. The number of amides is 1. The van der Waals surface area contributed by atoms with Crippen LogP contribution in [-0.4, -0.2) is 48.4 Å². The average Bonchev–Trinajstić information content (AvgIpc) is 3.16. The van der Waals surface area contributed by atoms with Crippen molar-refractivity contribution in [1.29, 1.82) is 0 Å².